The maximum Gasteiger partial charge on any atom is 0.338 e. The van der Waals surface area contributed by atoms with Crippen molar-refractivity contribution >= 4 is 17.6 Å². The molecule has 1 amide bonds. The summed E-state index contributed by atoms with van der Waals surface area (Å²) in [6.07, 6.45) is 12.2. The molecule has 6 heteroatoms. The normalized spacial score (nSPS) is 28.2. The summed E-state index contributed by atoms with van der Waals surface area (Å²) in [6, 6.07) is 15.3. The predicted octanol–water partition coefficient (Wildman–Crippen LogP) is 5.79. The van der Waals surface area contributed by atoms with E-state index in [1.807, 2.05) is 12.1 Å². The number of likely N-dealkylation sites (tertiary alicyclic amines) is 1. The van der Waals surface area contributed by atoms with Crippen LogP contribution in [0.4, 0.5) is 5.69 Å². The number of carbonyl (C=O) groups excluding carboxylic acids is 2. The number of hydrogen-bond donors (Lipinski definition) is 1. The molecule has 2 unspecified atom stereocenters. The Bertz CT molecular complexity index is 1160. The fourth-order valence-electron chi connectivity index (χ4n) is 7.57. The first-order valence-corrected chi connectivity index (χ1v) is 13.8. The Hall–Kier alpha value is -3.12. The minimum absolute atomic E-state index is 0. The molecule has 5 fully saturated rings. The molecule has 1 aliphatic heterocycles. The van der Waals surface area contributed by atoms with Crippen LogP contribution in [0, 0.1) is 17.8 Å². The summed E-state index contributed by atoms with van der Waals surface area (Å²) in [5.74, 6) is 2.74. The summed E-state index contributed by atoms with van der Waals surface area (Å²) in [7, 11) is 0. The van der Waals surface area contributed by atoms with Gasteiger partial charge >= 0.3 is 5.97 Å². The molecule has 196 valence electrons. The highest BCUT2D eigenvalue weighted by molar-refractivity contribution is 6.00. The van der Waals surface area contributed by atoms with Gasteiger partial charge in [-0.15, -0.1) is 0 Å². The second-order valence-electron chi connectivity index (χ2n) is 11.4. The highest BCUT2D eigenvalue weighted by atomic mass is 16.5. The zero-order chi connectivity index (χ0) is 25.2. The van der Waals surface area contributed by atoms with Crippen molar-refractivity contribution in [3.05, 3.63) is 72.0 Å². The number of hydrogen-bond acceptors (Lipinski definition) is 5. The molecule has 1 heterocycles. The summed E-state index contributed by atoms with van der Waals surface area (Å²) in [6.45, 7) is 3.28. The predicted molar refractivity (Wildman–Crippen MR) is 145 cm³/mol. The maximum absolute atomic E-state index is 12.4. The van der Waals surface area contributed by atoms with E-state index in [2.05, 4.69) is 22.3 Å². The zero-order valence-corrected chi connectivity index (χ0v) is 21.4. The van der Waals surface area contributed by atoms with Gasteiger partial charge in [0.15, 0.2) is 0 Å². The van der Waals surface area contributed by atoms with Gasteiger partial charge in [-0.25, -0.2) is 4.79 Å². The molecule has 6 nitrogen and oxygen atoms in total. The van der Waals surface area contributed by atoms with Crippen LogP contribution in [0.15, 0.2) is 60.9 Å². The van der Waals surface area contributed by atoms with E-state index >= 15 is 0 Å². The lowest BCUT2D eigenvalue weighted by Gasteiger charge is -2.33. The van der Waals surface area contributed by atoms with Gasteiger partial charge in [0.05, 0.1) is 11.8 Å². The van der Waals surface area contributed by atoms with Crippen molar-refractivity contribution < 1.29 is 20.5 Å². The number of nitrogens with one attached hydrogen (secondary N) is 1. The van der Waals surface area contributed by atoms with Crippen LogP contribution in [0.2, 0.25) is 0 Å². The minimum atomic E-state index is -0.379. The minimum Gasteiger partial charge on any atom is -0.465 e. The fraction of sp³-hybridized carbons (Fsp3) is 0.484. The monoisotopic (exact) mass is 502 g/mol. The Morgan fingerprint density at radius 1 is 1.03 bits per heavy atom. The van der Waals surface area contributed by atoms with E-state index in [1.165, 1.54) is 62.8 Å². The number of anilines is 1. The molecular formula is C31H38N2O4. The number of benzene rings is 2. The average Bonchev–Trinajstić information content (AvgIpc) is 3.57. The van der Waals surface area contributed by atoms with Gasteiger partial charge in [-0.05, 0) is 117 Å². The first kappa shape index (κ1) is 24.2. The van der Waals surface area contributed by atoms with Crippen LogP contribution in [0.25, 0.3) is 0 Å². The van der Waals surface area contributed by atoms with Gasteiger partial charge in [-0.2, -0.15) is 0 Å². The molecule has 2 aromatic rings. The second-order valence-corrected chi connectivity index (χ2v) is 11.4. The Morgan fingerprint density at radius 3 is 2.54 bits per heavy atom. The lowest BCUT2D eigenvalue weighted by atomic mass is 9.71. The van der Waals surface area contributed by atoms with E-state index < -0.39 is 0 Å². The third kappa shape index (κ3) is 5.17. The van der Waals surface area contributed by atoms with E-state index in [4.69, 9.17) is 9.47 Å². The first-order chi connectivity index (χ1) is 18.1. The first-order valence-electron chi connectivity index (χ1n) is 13.8. The van der Waals surface area contributed by atoms with Crippen molar-refractivity contribution in [1.29, 1.82) is 0 Å². The van der Waals surface area contributed by atoms with E-state index in [0.717, 1.165) is 43.1 Å². The topological polar surface area (TPSA) is 67.9 Å². The summed E-state index contributed by atoms with van der Waals surface area (Å²) < 4.78 is 11.1. The average molecular weight is 503 g/mol. The lowest BCUT2D eigenvalue weighted by molar-refractivity contribution is -0.112. The summed E-state index contributed by atoms with van der Waals surface area (Å²) in [5, 5.41) is 2.78. The van der Waals surface area contributed by atoms with Crippen LogP contribution in [0.5, 0.6) is 5.75 Å². The molecule has 4 aliphatic carbocycles. The summed E-state index contributed by atoms with van der Waals surface area (Å²) in [5.41, 5.74) is 2.82. The van der Waals surface area contributed by atoms with E-state index in [0.29, 0.717) is 23.3 Å². The van der Waals surface area contributed by atoms with Crippen molar-refractivity contribution in [3.8, 4) is 5.75 Å². The molecular weight excluding hydrogens is 464 g/mol. The van der Waals surface area contributed by atoms with Crippen LogP contribution in [0.3, 0.4) is 0 Å². The molecule has 0 spiro atoms. The number of carbonyl (C=O) groups is 2. The van der Waals surface area contributed by atoms with E-state index in [-0.39, 0.29) is 13.3 Å². The van der Waals surface area contributed by atoms with Crippen LogP contribution in [-0.2, 0) is 14.9 Å². The smallest absolute Gasteiger partial charge is 0.338 e. The highest BCUT2D eigenvalue weighted by Gasteiger charge is 2.58. The molecule has 4 bridgehead atoms. The van der Waals surface area contributed by atoms with Gasteiger partial charge in [0.25, 0.3) is 5.91 Å². The van der Waals surface area contributed by atoms with E-state index in [1.54, 1.807) is 24.3 Å². The second kappa shape index (κ2) is 10.3. The molecule has 4 saturated carbocycles. The summed E-state index contributed by atoms with van der Waals surface area (Å²) in [4.78, 5) is 27.1. The van der Waals surface area contributed by atoms with Gasteiger partial charge in [0.2, 0.25) is 0 Å². The quantitative estimate of drug-likeness (QED) is 0.267. The van der Waals surface area contributed by atoms with Crippen molar-refractivity contribution in [3.63, 3.8) is 0 Å². The van der Waals surface area contributed by atoms with Crippen LogP contribution in [0.1, 0.15) is 62.3 Å². The number of ether oxygens (including phenoxy) is 2. The molecule has 37 heavy (non-hydrogen) atoms. The molecule has 5 aliphatic rings. The van der Waals surface area contributed by atoms with Crippen LogP contribution < -0.4 is 10.1 Å². The molecule has 2 aromatic carbocycles. The van der Waals surface area contributed by atoms with E-state index in [9.17, 15) is 9.59 Å². The molecule has 1 N–H and O–H groups in total. The fourth-order valence-corrected chi connectivity index (χ4v) is 7.57. The SMILES string of the molecule is O=C(/C=C/Oc1ccc(C23CC4CC(CC2C4)C3)cc1)Nc1cccc(C(=O)OCCN2CCCC2)c1.[HH]. The Labute approximate surface area is 220 Å². The molecule has 0 aromatic heterocycles. The molecule has 7 rings (SSSR count). The van der Waals surface area contributed by atoms with Crippen molar-refractivity contribution in [1.82, 2.24) is 4.90 Å². The van der Waals surface area contributed by atoms with Gasteiger partial charge in [-0.1, -0.05) is 18.2 Å². The summed E-state index contributed by atoms with van der Waals surface area (Å²) >= 11 is 0. The number of nitrogens with zero attached hydrogens (tertiary/aromatic N) is 1. The van der Waals surface area contributed by atoms with Crippen molar-refractivity contribution in [2.45, 2.75) is 50.4 Å². The van der Waals surface area contributed by atoms with Gasteiger partial charge in [0, 0.05) is 19.7 Å². The highest BCUT2D eigenvalue weighted by Crippen LogP contribution is 2.65. The number of esters is 1. The molecule has 0 radical (unpaired) electrons. The van der Waals surface area contributed by atoms with Gasteiger partial charge < -0.3 is 14.8 Å². The van der Waals surface area contributed by atoms with Crippen molar-refractivity contribution in [2.24, 2.45) is 17.8 Å². The maximum atomic E-state index is 12.4. The Balaban J connectivity index is 0.00000294. The molecule has 1 saturated heterocycles. The third-order valence-corrected chi connectivity index (χ3v) is 9.05. The Morgan fingerprint density at radius 2 is 1.78 bits per heavy atom. The number of amides is 1. The number of rotatable bonds is 9. The van der Waals surface area contributed by atoms with Gasteiger partial charge in [0.1, 0.15) is 12.4 Å². The standard InChI is InChI=1S/C31H36N2O4.H2/c34-29(32-27-5-3-4-24(19-27)30(35)37-15-13-33-11-1-2-12-33)10-14-36-28-8-6-25(7-9-28)31-20-22-16-23(21-31)18-26(31)17-22;/h3-10,14,19,22-23,26H,1-2,11-13,15-18,20-21H2,(H,32,34);1H/b14-10+;. The van der Waals surface area contributed by atoms with Gasteiger partial charge in [-0.3, -0.25) is 9.69 Å². The largest absolute Gasteiger partial charge is 0.465 e. The van der Waals surface area contributed by atoms with Crippen LogP contribution in [-0.4, -0.2) is 43.0 Å². The van der Waals surface area contributed by atoms with Crippen molar-refractivity contribution in [2.75, 3.05) is 31.6 Å². The third-order valence-electron chi connectivity index (χ3n) is 9.05. The lowest BCUT2D eigenvalue weighted by Crippen LogP contribution is -2.27. The zero-order valence-electron chi connectivity index (χ0n) is 21.4. The molecule has 2 atom stereocenters. The Kier molecular flexibility index (Phi) is 6.76. The van der Waals surface area contributed by atoms with Crippen LogP contribution >= 0.6 is 0 Å².